The van der Waals surface area contributed by atoms with Crippen molar-refractivity contribution in [3.8, 4) is 0 Å². The van der Waals surface area contributed by atoms with Crippen molar-refractivity contribution in [2.75, 3.05) is 6.16 Å². The summed E-state index contributed by atoms with van der Waals surface area (Å²) < 4.78 is 18.8. The second-order valence-corrected chi connectivity index (χ2v) is 9.76. The van der Waals surface area contributed by atoms with Gasteiger partial charge in [0, 0.05) is 11.8 Å². The van der Waals surface area contributed by atoms with E-state index in [0.717, 1.165) is 0 Å². The van der Waals surface area contributed by atoms with Gasteiger partial charge in [-0.1, -0.05) is 27.7 Å². The van der Waals surface area contributed by atoms with E-state index in [-0.39, 0.29) is 23.4 Å². The van der Waals surface area contributed by atoms with Crippen LogP contribution >= 0.6 is 7.60 Å². The molecule has 0 radical (unpaired) electrons. The van der Waals surface area contributed by atoms with Gasteiger partial charge in [-0.25, -0.2) is 4.79 Å². The predicted octanol–water partition coefficient (Wildman–Crippen LogP) is 1.61. The smallest absolute Gasteiger partial charge is 0.330 e. The first kappa shape index (κ1) is 20.1. The van der Waals surface area contributed by atoms with Crippen LogP contribution in [-0.2, 0) is 9.30 Å². The third kappa shape index (κ3) is 4.70. The van der Waals surface area contributed by atoms with Crippen LogP contribution in [0.25, 0.3) is 0 Å². The Morgan fingerprint density at radius 1 is 1.40 bits per heavy atom. The number of H-pyrrole nitrogens is 1. The topological polar surface area (TPSA) is 122 Å². The van der Waals surface area contributed by atoms with Gasteiger partial charge in [-0.3, -0.25) is 18.9 Å². The van der Waals surface area contributed by atoms with Gasteiger partial charge in [-0.05, 0) is 30.6 Å². The first-order chi connectivity index (χ1) is 11.3. The van der Waals surface area contributed by atoms with Gasteiger partial charge in [0.2, 0.25) is 0 Å². The molecule has 8 nitrogen and oxygen atoms in total. The van der Waals surface area contributed by atoms with Crippen molar-refractivity contribution >= 4 is 7.60 Å². The number of aromatic amines is 1. The fourth-order valence-corrected chi connectivity index (χ4v) is 4.48. The van der Waals surface area contributed by atoms with E-state index in [9.17, 15) is 23.9 Å². The van der Waals surface area contributed by atoms with Crippen molar-refractivity contribution in [3.05, 3.63) is 32.6 Å². The van der Waals surface area contributed by atoms with Gasteiger partial charge in [0.15, 0.2) is 0 Å². The number of rotatable bonds is 4. The van der Waals surface area contributed by atoms with E-state index < -0.39 is 31.2 Å². The Hall–Kier alpha value is -1.21. The highest BCUT2D eigenvalue weighted by Crippen LogP contribution is 2.48. The van der Waals surface area contributed by atoms with Gasteiger partial charge in [-0.15, -0.1) is 0 Å². The van der Waals surface area contributed by atoms with Crippen LogP contribution < -0.4 is 11.2 Å². The molecule has 1 aliphatic rings. The van der Waals surface area contributed by atoms with E-state index in [2.05, 4.69) is 4.98 Å². The van der Waals surface area contributed by atoms with Crippen LogP contribution in [0.4, 0.5) is 0 Å². The summed E-state index contributed by atoms with van der Waals surface area (Å²) in [6.45, 7) is 9.50. The monoisotopic (exact) mass is 374 g/mol. The minimum Gasteiger partial charge on any atom is -0.354 e. The predicted molar refractivity (Wildman–Crippen MR) is 93.6 cm³/mol. The molecule has 1 aromatic heterocycles. The number of aromatic nitrogens is 2. The van der Waals surface area contributed by atoms with E-state index >= 15 is 0 Å². The fraction of sp³-hybridized carbons (Fsp3) is 0.750. The number of nitrogens with one attached hydrogen (secondary N) is 1. The zero-order valence-corrected chi connectivity index (χ0v) is 16.1. The van der Waals surface area contributed by atoms with Gasteiger partial charge in [-0.2, -0.15) is 0 Å². The summed E-state index contributed by atoms with van der Waals surface area (Å²) in [5, 5.41) is 0. The third-order valence-electron chi connectivity index (χ3n) is 4.82. The summed E-state index contributed by atoms with van der Waals surface area (Å²) in [4.78, 5) is 44.6. The highest BCUT2D eigenvalue weighted by molar-refractivity contribution is 7.51. The molecule has 0 saturated carbocycles. The first-order valence-electron chi connectivity index (χ1n) is 8.31. The summed E-state index contributed by atoms with van der Waals surface area (Å²) in [7, 11) is -4.16. The Kier molecular flexibility index (Phi) is 5.50. The van der Waals surface area contributed by atoms with Crippen molar-refractivity contribution in [1.82, 2.24) is 9.55 Å². The Morgan fingerprint density at radius 3 is 2.52 bits per heavy atom. The molecule has 0 spiro atoms. The van der Waals surface area contributed by atoms with Crippen LogP contribution in [0.2, 0.25) is 0 Å². The highest BCUT2D eigenvalue weighted by atomic mass is 31.2. The number of nitrogens with zero attached hydrogens (tertiary/aromatic N) is 1. The minimum atomic E-state index is -4.16. The van der Waals surface area contributed by atoms with E-state index in [1.807, 2.05) is 20.8 Å². The third-order valence-corrected chi connectivity index (χ3v) is 5.87. The first-order valence-corrected chi connectivity index (χ1v) is 10.1. The molecule has 142 valence electrons. The zero-order chi connectivity index (χ0) is 19.2. The van der Waals surface area contributed by atoms with Crippen molar-refractivity contribution < 1.29 is 19.1 Å². The molecule has 4 atom stereocenters. The van der Waals surface area contributed by atoms with Crippen LogP contribution in [0.5, 0.6) is 0 Å². The Balaban J connectivity index is 2.36. The summed E-state index contributed by atoms with van der Waals surface area (Å²) >= 11 is 0. The molecule has 1 aromatic rings. The second kappa shape index (κ2) is 6.83. The second-order valence-electron chi connectivity index (χ2n) is 8.07. The van der Waals surface area contributed by atoms with Crippen LogP contribution in [0.1, 0.15) is 45.9 Å². The van der Waals surface area contributed by atoms with Gasteiger partial charge < -0.3 is 14.5 Å². The van der Waals surface area contributed by atoms with Crippen molar-refractivity contribution in [3.63, 3.8) is 0 Å². The minimum absolute atomic E-state index is 0.0122. The van der Waals surface area contributed by atoms with E-state index in [1.165, 1.54) is 10.8 Å². The van der Waals surface area contributed by atoms with Gasteiger partial charge >= 0.3 is 13.3 Å². The maximum Gasteiger partial charge on any atom is 0.330 e. The summed E-state index contributed by atoms with van der Waals surface area (Å²) in [5.41, 5.74) is -0.736. The molecule has 2 rings (SSSR count). The molecule has 1 unspecified atom stereocenters. The number of hydrogen-bond donors (Lipinski definition) is 3. The molecule has 3 N–H and O–H groups in total. The number of ether oxygens (including phenoxy) is 1. The maximum atomic E-state index is 12.1. The Morgan fingerprint density at radius 2 is 2.00 bits per heavy atom. The van der Waals surface area contributed by atoms with E-state index in [1.54, 1.807) is 13.8 Å². The van der Waals surface area contributed by atoms with Crippen molar-refractivity contribution in [2.45, 2.75) is 53.4 Å². The summed E-state index contributed by atoms with van der Waals surface area (Å²) in [5.74, 6) is -0.354. The van der Waals surface area contributed by atoms with Gasteiger partial charge in [0.1, 0.15) is 6.23 Å². The zero-order valence-electron chi connectivity index (χ0n) is 15.2. The quantitative estimate of drug-likeness (QED) is 0.689. The molecule has 9 heteroatoms. The molecule has 2 heterocycles. The average molecular weight is 374 g/mol. The molecule has 25 heavy (non-hydrogen) atoms. The highest BCUT2D eigenvalue weighted by Gasteiger charge is 2.46. The van der Waals surface area contributed by atoms with Gasteiger partial charge in [0.05, 0.1) is 12.3 Å². The van der Waals surface area contributed by atoms with Crippen LogP contribution in [0.15, 0.2) is 15.8 Å². The Bertz CT molecular complexity index is 787. The normalized spacial score (nSPS) is 26.0. The summed E-state index contributed by atoms with van der Waals surface area (Å²) in [6, 6.07) is 0. The van der Waals surface area contributed by atoms with E-state index in [0.29, 0.717) is 12.0 Å². The van der Waals surface area contributed by atoms with Crippen molar-refractivity contribution in [2.24, 2.45) is 17.3 Å². The molecule has 0 aliphatic carbocycles. The van der Waals surface area contributed by atoms with Crippen LogP contribution in [0.3, 0.4) is 0 Å². The molecular formula is C16H27N2O6P. The lowest BCUT2D eigenvalue weighted by atomic mass is 9.74. The molecule has 1 fully saturated rings. The number of aryl methyl sites for hydroxylation is 1. The number of hydrogen-bond acceptors (Lipinski definition) is 4. The molecule has 1 aliphatic heterocycles. The Labute approximate surface area is 146 Å². The van der Waals surface area contributed by atoms with Crippen LogP contribution in [0, 0.1) is 24.2 Å². The largest absolute Gasteiger partial charge is 0.354 e. The standard InChI is InChI=1S/C16H27N2O6P/c1-9-7-18(15(20)17-14(9)19)12-6-11(16(3,4)5)13(24-12)10(2)8-25(21,22)23/h7,10-13H,6,8H2,1-5H3,(H,17,19,20)(H2,21,22,23)/t10-,11-,12-,13?/m1/s1. The van der Waals surface area contributed by atoms with Crippen LogP contribution in [-0.4, -0.2) is 31.6 Å². The lowest BCUT2D eigenvalue weighted by molar-refractivity contribution is -0.0391. The summed E-state index contributed by atoms with van der Waals surface area (Å²) in [6.07, 6.45) is 0.775. The van der Waals surface area contributed by atoms with Gasteiger partial charge in [0.25, 0.3) is 5.56 Å². The SMILES string of the molecule is Cc1cn([C@H]2C[C@@H](C(C)(C)C)C([C@H](C)CP(=O)(O)O)O2)c(=O)[nH]c1=O. The fourth-order valence-electron chi connectivity index (χ4n) is 3.52. The molecule has 1 saturated heterocycles. The molecular weight excluding hydrogens is 347 g/mol. The lowest BCUT2D eigenvalue weighted by Gasteiger charge is -2.33. The average Bonchev–Trinajstić information content (AvgIpc) is 2.86. The molecule has 0 bridgehead atoms. The van der Waals surface area contributed by atoms with E-state index in [4.69, 9.17) is 4.74 Å². The molecule has 0 amide bonds. The maximum absolute atomic E-state index is 12.1. The van der Waals surface area contributed by atoms with Crippen molar-refractivity contribution in [1.29, 1.82) is 0 Å². The molecule has 0 aromatic carbocycles. The lowest BCUT2D eigenvalue weighted by Crippen LogP contribution is -2.35.